The van der Waals surface area contributed by atoms with Crippen molar-refractivity contribution in [2.24, 2.45) is 40.4 Å². The average molecular weight is 538 g/mol. The van der Waals surface area contributed by atoms with E-state index in [9.17, 15) is 33.1 Å². The van der Waals surface area contributed by atoms with Crippen LogP contribution in [0, 0.1) is 40.4 Å². The van der Waals surface area contributed by atoms with Crippen LogP contribution in [0.3, 0.4) is 0 Å². The maximum absolute atomic E-state index is 12.3. The number of hydrogen-bond acceptors (Lipinski definition) is 7. The van der Waals surface area contributed by atoms with Gasteiger partial charge in [-0.15, -0.1) is 0 Å². The van der Waals surface area contributed by atoms with Crippen LogP contribution < -0.4 is 34.9 Å². The summed E-state index contributed by atoms with van der Waals surface area (Å²) >= 11 is 0. The smallest absolute Gasteiger partial charge is 0.748 e. The molecule has 4 fully saturated rings. The molecule has 0 bridgehead atoms. The van der Waals surface area contributed by atoms with E-state index in [2.05, 4.69) is 26.1 Å². The Morgan fingerprint density at radius 3 is 2.44 bits per heavy atom. The molecule has 4 saturated carbocycles. The summed E-state index contributed by atoms with van der Waals surface area (Å²) in [6.45, 7) is 6.35. The quantitative estimate of drug-likeness (QED) is 0.245. The van der Waals surface area contributed by atoms with Gasteiger partial charge >= 0.3 is 29.6 Å². The second-order valence-corrected chi connectivity index (χ2v) is 14.2. The van der Waals surface area contributed by atoms with Gasteiger partial charge in [-0.3, -0.25) is 4.79 Å². The van der Waals surface area contributed by atoms with Gasteiger partial charge in [0.05, 0.1) is 33.7 Å². The Labute approximate surface area is 238 Å². The number of rotatable bonds is 7. The number of amides is 1. The van der Waals surface area contributed by atoms with E-state index in [0.717, 1.165) is 44.9 Å². The van der Waals surface area contributed by atoms with Crippen molar-refractivity contribution in [1.29, 1.82) is 0 Å². The maximum atomic E-state index is 12.3. The minimum atomic E-state index is -4.35. The molecule has 0 aromatic heterocycles. The molecular weight excluding hydrogens is 493 g/mol. The molecule has 0 heterocycles. The molecule has 0 saturated heterocycles. The van der Waals surface area contributed by atoms with E-state index in [-0.39, 0.29) is 83.6 Å². The first-order valence-electron chi connectivity index (χ1n) is 13.5. The van der Waals surface area contributed by atoms with Crippen LogP contribution >= 0.6 is 0 Å². The van der Waals surface area contributed by atoms with Crippen molar-refractivity contribution in [2.45, 2.75) is 103 Å². The summed E-state index contributed by atoms with van der Waals surface area (Å²) in [4.78, 5) is 12.2. The number of fused-ring (bicyclic) bond motifs is 5. The Kier molecular flexibility index (Phi) is 9.43. The molecule has 0 aromatic carbocycles. The van der Waals surface area contributed by atoms with E-state index < -0.39 is 33.0 Å². The van der Waals surface area contributed by atoms with Crippen LogP contribution in [-0.4, -0.2) is 64.3 Å². The van der Waals surface area contributed by atoms with E-state index in [0.29, 0.717) is 18.8 Å². The molecule has 202 valence electrons. The predicted molar refractivity (Wildman–Crippen MR) is 130 cm³/mol. The molecule has 0 radical (unpaired) electrons. The summed E-state index contributed by atoms with van der Waals surface area (Å²) in [6, 6.07) is 0. The van der Waals surface area contributed by atoms with E-state index in [1.54, 1.807) is 0 Å². The minimum Gasteiger partial charge on any atom is -0.748 e. The molecule has 4 N–H and O–H groups in total. The van der Waals surface area contributed by atoms with E-state index >= 15 is 0 Å². The second-order valence-electron chi connectivity index (χ2n) is 12.7. The number of nitrogens with one attached hydrogen (secondary N) is 1. The third-order valence-corrected chi connectivity index (χ3v) is 11.8. The molecule has 4 aliphatic rings. The van der Waals surface area contributed by atoms with Crippen molar-refractivity contribution in [3.63, 3.8) is 0 Å². The zero-order valence-electron chi connectivity index (χ0n) is 22.4. The number of aliphatic hydroxyl groups excluding tert-OH is 2. The fourth-order valence-electron chi connectivity index (χ4n) is 9.18. The molecular formula is C26H44NNaO7S. The third-order valence-electron chi connectivity index (χ3n) is 11.1. The van der Waals surface area contributed by atoms with Crippen LogP contribution in [-0.2, 0) is 14.9 Å². The molecule has 0 spiro atoms. The summed E-state index contributed by atoms with van der Waals surface area (Å²) in [5.41, 5.74) is -1.29. The molecule has 36 heavy (non-hydrogen) atoms. The van der Waals surface area contributed by atoms with Crippen molar-refractivity contribution < 1.29 is 62.6 Å². The monoisotopic (exact) mass is 537 g/mol. The second kappa shape index (κ2) is 11.0. The zero-order chi connectivity index (χ0) is 25.8. The topological polar surface area (TPSA) is 147 Å². The Hall–Kier alpha value is 0.260. The summed E-state index contributed by atoms with van der Waals surface area (Å²) in [6.07, 6.45) is 6.52. The molecule has 0 aromatic rings. The Balaban J connectivity index is 0.00000361. The van der Waals surface area contributed by atoms with Crippen molar-refractivity contribution >= 4 is 16.0 Å². The Morgan fingerprint density at radius 2 is 1.78 bits per heavy atom. The van der Waals surface area contributed by atoms with Gasteiger partial charge < -0.3 is 25.2 Å². The average Bonchev–Trinajstić information content (AvgIpc) is 3.14. The SMILES string of the molecule is CC(CCC(=O)NCCS(=O)(=O)[O-])C1CCC2[C@@]3(O)CCC4C[C@H](O)CC[C@]4(C)C3C[C@H](O)[C@]12C.[Na+]. The van der Waals surface area contributed by atoms with Gasteiger partial charge in [0.25, 0.3) is 0 Å². The maximum Gasteiger partial charge on any atom is 1.00 e. The first-order chi connectivity index (χ1) is 16.2. The van der Waals surface area contributed by atoms with Crippen LogP contribution in [0.25, 0.3) is 0 Å². The fraction of sp³-hybridized carbons (Fsp3) is 0.962. The summed E-state index contributed by atoms with van der Waals surface area (Å²) in [7, 11) is -4.35. The van der Waals surface area contributed by atoms with Gasteiger partial charge in [-0.05, 0) is 92.8 Å². The third kappa shape index (κ3) is 5.47. The number of hydrogen-bond donors (Lipinski definition) is 4. The standard InChI is InChI=1S/C26H45NO7S.Na/c1-16(4-7-23(30)27-12-13-35(32,33)34)19-5-6-20-25(19,3)22(29)15-21-24(2)10-9-18(28)14-17(24)8-11-26(20,21)31;/h16-22,28-29,31H,4-15H2,1-3H3,(H,27,30)(H,32,33,34);/q;+1/p-1/t16?,17?,18-,19?,20?,21?,22+,24+,25-,26+;/m1./s1. The van der Waals surface area contributed by atoms with Gasteiger partial charge in [0.2, 0.25) is 5.91 Å². The minimum absolute atomic E-state index is 0. The Bertz CT molecular complexity index is 918. The van der Waals surface area contributed by atoms with Crippen molar-refractivity contribution in [1.82, 2.24) is 5.32 Å². The molecule has 0 aliphatic heterocycles. The number of carbonyl (C=O) groups excluding carboxylic acids is 1. The molecule has 10 heteroatoms. The van der Waals surface area contributed by atoms with E-state index in [1.165, 1.54) is 0 Å². The van der Waals surface area contributed by atoms with Crippen LogP contribution in [0.5, 0.6) is 0 Å². The number of carbonyl (C=O) groups is 1. The van der Waals surface area contributed by atoms with Crippen molar-refractivity contribution in [3.05, 3.63) is 0 Å². The van der Waals surface area contributed by atoms with Crippen molar-refractivity contribution in [2.75, 3.05) is 12.3 Å². The summed E-state index contributed by atoms with van der Waals surface area (Å²) in [5.74, 6) is -0.107. The largest absolute Gasteiger partial charge is 1.00 e. The first-order valence-corrected chi connectivity index (χ1v) is 15.1. The number of aliphatic hydroxyl groups is 3. The van der Waals surface area contributed by atoms with Crippen molar-refractivity contribution in [3.8, 4) is 0 Å². The molecule has 5 unspecified atom stereocenters. The van der Waals surface area contributed by atoms with Gasteiger partial charge in [-0.25, -0.2) is 8.42 Å². The molecule has 4 rings (SSSR count). The summed E-state index contributed by atoms with van der Waals surface area (Å²) in [5, 5.41) is 36.7. The Morgan fingerprint density at radius 1 is 1.08 bits per heavy atom. The van der Waals surface area contributed by atoms with E-state index in [4.69, 9.17) is 0 Å². The first kappa shape index (κ1) is 30.8. The molecule has 8 nitrogen and oxygen atoms in total. The van der Waals surface area contributed by atoms with Gasteiger partial charge in [0, 0.05) is 18.4 Å². The zero-order valence-corrected chi connectivity index (χ0v) is 25.2. The van der Waals surface area contributed by atoms with Gasteiger partial charge in [-0.1, -0.05) is 20.8 Å². The van der Waals surface area contributed by atoms with Crippen LogP contribution in [0.2, 0.25) is 0 Å². The van der Waals surface area contributed by atoms with Crippen LogP contribution in [0.1, 0.15) is 85.0 Å². The van der Waals surface area contributed by atoms with Gasteiger partial charge in [0.15, 0.2) is 0 Å². The van der Waals surface area contributed by atoms with Crippen LogP contribution in [0.15, 0.2) is 0 Å². The molecule has 4 aliphatic carbocycles. The van der Waals surface area contributed by atoms with Gasteiger partial charge in [0.1, 0.15) is 0 Å². The molecule has 1 amide bonds. The van der Waals surface area contributed by atoms with E-state index in [1.807, 2.05) is 0 Å². The predicted octanol–water partition coefficient (Wildman–Crippen LogP) is -0.826. The summed E-state index contributed by atoms with van der Waals surface area (Å²) < 4.78 is 32.2. The normalized spacial score (nSPS) is 45.0. The van der Waals surface area contributed by atoms with Gasteiger partial charge in [-0.2, -0.15) is 0 Å². The van der Waals surface area contributed by atoms with Crippen LogP contribution in [0.4, 0.5) is 0 Å². The fourth-order valence-corrected chi connectivity index (χ4v) is 9.53. The molecule has 10 atom stereocenters.